The molecule has 0 radical (unpaired) electrons. The fraction of sp³-hybridized carbons (Fsp3) is 0.429. The molecule has 0 N–H and O–H groups in total. The van der Waals surface area contributed by atoms with E-state index in [0.717, 1.165) is 43.4 Å². The number of carbonyl (C=O) groups is 1. The Morgan fingerprint density at radius 3 is 2.30 bits per heavy atom. The topological polar surface area (TPSA) is 51.1 Å². The first kappa shape index (κ1) is 29.5. The van der Waals surface area contributed by atoms with Gasteiger partial charge in [0, 0.05) is 18.7 Å². The maximum absolute atomic E-state index is 12.9. The SMILES string of the molecule is CCCCC1(COCc2ccccc2)C(Cc2ccc(-c3ccccc3C(=O)OC(C)(C)C)cc2)C=NN1CC. The Kier molecular flexibility index (Phi) is 9.80. The van der Waals surface area contributed by atoms with Crippen LogP contribution in [0.15, 0.2) is 84.0 Å². The molecular formula is C35H44N2O3. The van der Waals surface area contributed by atoms with E-state index in [-0.39, 0.29) is 17.4 Å². The standard InChI is InChI=1S/C35H44N2O3/c1-6-8-22-35(26-39-25-28-14-10-9-11-15-28)30(24-36-37(35)7-2)23-27-18-20-29(21-19-27)31-16-12-13-17-32(31)33(38)40-34(3,4)5/h9-21,24,30H,6-8,22-23,25-26H2,1-5H3. The molecule has 5 nitrogen and oxygen atoms in total. The summed E-state index contributed by atoms with van der Waals surface area (Å²) in [6.45, 7) is 12.2. The minimum Gasteiger partial charge on any atom is -0.456 e. The Morgan fingerprint density at radius 2 is 1.62 bits per heavy atom. The van der Waals surface area contributed by atoms with Crippen LogP contribution in [0.25, 0.3) is 11.1 Å². The van der Waals surface area contributed by atoms with Gasteiger partial charge >= 0.3 is 5.97 Å². The summed E-state index contributed by atoms with van der Waals surface area (Å²) in [7, 11) is 0. The molecule has 5 heteroatoms. The molecule has 0 aliphatic carbocycles. The first-order chi connectivity index (χ1) is 19.3. The van der Waals surface area contributed by atoms with Crippen LogP contribution >= 0.6 is 0 Å². The van der Waals surface area contributed by atoms with Gasteiger partial charge in [-0.25, -0.2) is 4.79 Å². The van der Waals surface area contributed by atoms with Gasteiger partial charge in [-0.2, -0.15) is 5.10 Å². The summed E-state index contributed by atoms with van der Waals surface area (Å²) in [5.41, 5.74) is 4.20. The molecule has 0 fully saturated rings. The second-order valence-electron chi connectivity index (χ2n) is 11.7. The molecule has 3 aromatic rings. The van der Waals surface area contributed by atoms with Crippen LogP contribution in [0.5, 0.6) is 0 Å². The number of benzene rings is 3. The first-order valence-corrected chi connectivity index (χ1v) is 14.6. The zero-order valence-corrected chi connectivity index (χ0v) is 24.7. The van der Waals surface area contributed by atoms with Crippen molar-refractivity contribution in [2.45, 2.75) is 78.0 Å². The summed E-state index contributed by atoms with van der Waals surface area (Å²) in [6, 6.07) is 26.6. The summed E-state index contributed by atoms with van der Waals surface area (Å²) >= 11 is 0. The molecule has 1 aliphatic rings. The van der Waals surface area contributed by atoms with Gasteiger partial charge in [0.1, 0.15) is 5.60 Å². The van der Waals surface area contributed by atoms with E-state index in [4.69, 9.17) is 14.6 Å². The van der Waals surface area contributed by atoms with Crippen LogP contribution in [0, 0.1) is 5.92 Å². The highest BCUT2D eigenvalue weighted by Gasteiger charge is 2.46. The quantitative estimate of drug-likeness (QED) is 0.219. The van der Waals surface area contributed by atoms with E-state index in [9.17, 15) is 4.79 Å². The second-order valence-corrected chi connectivity index (χ2v) is 11.7. The fourth-order valence-corrected chi connectivity index (χ4v) is 5.54. The lowest BCUT2D eigenvalue weighted by molar-refractivity contribution is -0.0259. The average molecular weight is 541 g/mol. The van der Waals surface area contributed by atoms with Crippen molar-refractivity contribution in [3.05, 3.63) is 95.6 Å². The van der Waals surface area contributed by atoms with Crippen LogP contribution in [-0.4, -0.2) is 41.5 Å². The molecule has 1 heterocycles. The molecule has 0 bridgehead atoms. The van der Waals surface area contributed by atoms with Gasteiger partial charge in [0.05, 0.1) is 24.3 Å². The van der Waals surface area contributed by atoms with Gasteiger partial charge in [-0.15, -0.1) is 0 Å². The van der Waals surface area contributed by atoms with Gasteiger partial charge in [0.2, 0.25) is 0 Å². The molecule has 0 spiro atoms. The van der Waals surface area contributed by atoms with Gasteiger partial charge in [0.15, 0.2) is 0 Å². The van der Waals surface area contributed by atoms with Gasteiger partial charge < -0.3 is 9.47 Å². The maximum atomic E-state index is 12.9. The number of carbonyl (C=O) groups excluding carboxylic acids is 1. The number of hydrazone groups is 1. The molecule has 2 atom stereocenters. The van der Waals surface area contributed by atoms with E-state index in [1.807, 2.05) is 51.1 Å². The van der Waals surface area contributed by atoms with Crippen molar-refractivity contribution >= 4 is 12.2 Å². The highest BCUT2D eigenvalue weighted by Crippen LogP contribution is 2.38. The van der Waals surface area contributed by atoms with Crippen molar-refractivity contribution in [1.29, 1.82) is 0 Å². The summed E-state index contributed by atoms with van der Waals surface area (Å²) in [4.78, 5) is 12.9. The minimum absolute atomic E-state index is 0.165. The van der Waals surface area contributed by atoms with Crippen LogP contribution < -0.4 is 0 Å². The van der Waals surface area contributed by atoms with Gasteiger partial charge in [0.25, 0.3) is 0 Å². The van der Waals surface area contributed by atoms with Crippen molar-refractivity contribution in [2.24, 2.45) is 11.0 Å². The second kappa shape index (κ2) is 13.3. The van der Waals surface area contributed by atoms with Crippen molar-refractivity contribution in [1.82, 2.24) is 5.01 Å². The summed E-state index contributed by atoms with van der Waals surface area (Å²) in [5.74, 6) is -0.0557. The van der Waals surface area contributed by atoms with E-state index >= 15 is 0 Å². The van der Waals surface area contributed by atoms with E-state index in [1.54, 1.807) is 0 Å². The van der Waals surface area contributed by atoms with E-state index in [2.05, 4.69) is 73.6 Å². The summed E-state index contributed by atoms with van der Waals surface area (Å²) in [5, 5.41) is 7.12. The Labute approximate surface area is 240 Å². The third kappa shape index (κ3) is 7.19. The van der Waals surface area contributed by atoms with Crippen LogP contribution in [0.4, 0.5) is 0 Å². The number of esters is 1. The van der Waals surface area contributed by atoms with Gasteiger partial charge in [-0.3, -0.25) is 5.01 Å². The molecule has 2 unspecified atom stereocenters. The van der Waals surface area contributed by atoms with Crippen molar-refractivity contribution < 1.29 is 14.3 Å². The monoisotopic (exact) mass is 540 g/mol. The van der Waals surface area contributed by atoms with Crippen molar-refractivity contribution in [3.8, 4) is 11.1 Å². The fourth-order valence-electron chi connectivity index (χ4n) is 5.54. The highest BCUT2D eigenvalue weighted by atomic mass is 16.6. The number of nitrogens with zero attached hydrogens (tertiary/aromatic N) is 2. The van der Waals surface area contributed by atoms with E-state index in [0.29, 0.717) is 18.8 Å². The zero-order valence-electron chi connectivity index (χ0n) is 24.7. The summed E-state index contributed by atoms with van der Waals surface area (Å²) < 4.78 is 12.1. The number of hydrogen-bond donors (Lipinski definition) is 0. The normalized spacial score (nSPS) is 18.7. The van der Waals surface area contributed by atoms with Crippen molar-refractivity contribution in [2.75, 3.05) is 13.2 Å². The van der Waals surface area contributed by atoms with E-state index < -0.39 is 5.60 Å². The smallest absolute Gasteiger partial charge is 0.339 e. The van der Waals surface area contributed by atoms with E-state index in [1.165, 1.54) is 11.1 Å². The average Bonchev–Trinajstić information content (AvgIpc) is 3.28. The molecule has 40 heavy (non-hydrogen) atoms. The number of unbranched alkanes of at least 4 members (excludes halogenated alkanes) is 1. The maximum Gasteiger partial charge on any atom is 0.339 e. The Bertz CT molecular complexity index is 1260. The molecule has 4 rings (SSSR count). The molecule has 0 saturated carbocycles. The molecule has 212 valence electrons. The van der Waals surface area contributed by atoms with Gasteiger partial charge in [-0.1, -0.05) is 92.6 Å². The van der Waals surface area contributed by atoms with Crippen LogP contribution in [0.1, 0.15) is 75.4 Å². The first-order valence-electron chi connectivity index (χ1n) is 14.6. The lowest BCUT2D eigenvalue weighted by atomic mass is 9.77. The van der Waals surface area contributed by atoms with Gasteiger partial charge in [-0.05, 0) is 68.9 Å². The number of hydrogen-bond acceptors (Lipinski definition) is 5. The Morgan fingerprint density at radius 1 is 0.925 bits per heavy atom. The summed E-state index contributed by atoms with van der Waals surface area (Å²) in [6.07, 6.45) is 6.32. The largest absolute Gasteiger partial charge is 0.456 e. The predicted octanol–water partition coefficient (Wildman–Crippen LogP) is 7.93. The molecule has 3 aromatic carbocycles. The zero-order chi connectivity index (χ0) is 28.6. The Balaban J connectivity index is 1.53. The lowest BCUT2D eigenvalue weighted by Gasteiger charge is -2.41. The highest BCUT2D eigenvalue weighted by molar-refractivity contribution is 5.97. The minimum atomic E-state index is -0.543. The lowest BCUT2D eigenvalue weighted by Crippen LogP contribution is -2.52. The van der Waals surface area contributed by atoms with Crippen molar-refractivity contribution in [3.63, 3.8) is 0 Å². The molecule has 0 aromatic heterocycles. The van der Waals surface area contributed by atoms with Crippen LogP contribution in [0.2, 0.25) is 0 Å². The molecular weight excluding hydrogens is 496 g/mol. The third-order valence-corrected chi connectivity index (χ3v) is 7.58. The number of likely N-dealkylation sites (N-methyl/N-ethyl adjacent to an activating group) is 1. The number of rotatable bonds is 12. The van der Waals surface area contributed by atoms with Crippen LogP contribution in [-0.2, 0) is 22.5 Å². The molecule has 1 aliphatic heterocycles. The molecule has 0 saturated heterocycles. The Hall–Kier alpha value is -3.44. The van der Waals surface area contributed by atoms with Crippen LogP contribution in [0.3, 0.4) is 0 Å². The number of ether oxygens (including phenoxy) is 2. The predicted molar refractivity (Wildman–Crippen MR) is 163 cm³/mol. The third-order valence-electron chi connectivity index (χ3n) is 7.58. The molecule has 0 amide bonds.